The van der Waals surface area contributed by atoms with E-state index in [1.165, 1.54) is 17.6 Å². The van der Waals surface area contributed by atoms with E-state index < -0.39 is 5.60 Å². The first-order valence-corrected chi connectivity index (χ1v) is 8.48. The fraction of sp³-hybridized carbons (Fsp3) is 0.789. The molecule has 2 N–H and O–H groups in total. The van der Waals surface area contributed by atoms with Gasteiger partial charge >= 0.3 is 0 Å². The lowest BCUT2D eigenvalue weighted by molar-refractivity contribution is -0.125. The lowest BCUT2D eigenvalue weighted by Crippen LogP contribution is -2.53. The molecule has 0 aromatic carbocycles. The summed E-state index contributed by atoms with van der Waals surface area (Å²) in [5, 5.41) is 19.8. The van der Waals surface area contributed by atoms with Gasteiger partial charge < -0.3 is 10.2 Å². The molecular weight excluding hydrogens is 260 g/mol. The van der Waals surface area contributed by atoms with Gasteiger partial charge in [-0.1, -0.05) is 37.1 Å². The molecule has 0 amide bonds. The number of aliphatic hydroxyl groups is 2. The maximum Gasteiger partial charge on any atom is 0.0653 e. The molecule has 0 radical (unpaired) electrons. The molecule has 2 rings (SSSR count). The standard InChI is InChI=1S/C19H32O2/c1-14(10-13-20)6-8-16-15(2)7-9-17-18(16,3)11-5-12-19(17,4)21/h10,16-17,20-21H,2,5-9,11-13H2,1,3-4H3/b14-10+. The van der Waals surface area contributed by atoms with E-state index in [9.17, 15) is 5.11 Å². The summed E-state index contributed by atoms with van der Waals surface area (Å²) in [6.45, 7) is 11.0. The molecule has 0 aromatic heterocycles. The maximum atomic E-state index is 10.8. The van der Waals surface area contributed by atoms with Crippen LogP contribution in [0.4, 0.5) is 0 Å². The summed E-state index contributed by atoms with van der Waals surface area (Å²) in [4.78, 5) is 0. The van der Waals surface area contributed by atoms with Gasteiger partial charge in [0.1, 0.15) is 0 Å². The Morgan fingerprint density at radius 2 is 2.10 bits per heavy atom. The average Bonchev–Trinajstić information content (AvgIpc) is 2.37. The molecule has 2 aliphatic carbocycles. The largest absolute Gasteiger partial charge is 0.392 e. The van der Waals surface area contributed by atoms with Crippen LogP contribution >= 0.6 is 0 Å². The highest BCUT2D eigenvalue weighted by Gasteiger charge is 2.53. The van der Waals surface area contributed by atoms with Crippen molar-refractivity contribution < 1.29 is 10.2 Å². The summed E-state index contributed by atoms with van der Waals surface area (Å²) in [6.07, 6.45) is 9.45. The first-order valence-electron chi connectivity index (χ1n) is 8.48. The molecule has 0 spiro atoms. The first-order chi connectivity index (χ1) is 9.81. The van der Waals surface area contributed by atoms with E-state index in [1.807, 2.05) is 13.0 Å². The minimum Gasteiger partial charge on any atom is -0.392 e. The number of rotatable bonds is 4. The maximum absolute atomic E-state index is 10.8. The number of hydrogen-bond donors (Lipinski definition) is 2. The van der Waals surface area contributed by atoms with Gasteiger partial charge in [-0.15, -0.1) is 0 Å². The molecule has 2 nitrogen and oxygen atoms in total. The Morgan fingerprint density at radius 3 is 2.76 bits per heavy atom. The van der Waals surface area contributed by atoms with Crippen LogP contribution in [0.1, 0.15) is 65.7 Å². The first kappa shape index (κ1) is 16.8. The predicted octanol–water partition coefficient (Wildman–Crippen LogP) is 4.23. The quantitative estimate of drug-likeness (QED) is 0.761. The monoisotopic (exact) mass is 292 g/mol. The molecule has 0 saturated heterocycles. The molecule has 0 bridgehead atoms. The molecular formula is C19H32O2. The third kappa shape index (κ3) is 3.27. The van der Waals surface area contributed by atoms with Crippen LogP contribution in [-0.4, -0.2) is 22.4 Å². The van der Waals surface area contributed by atoms with E-state index in [0.717, 1.165) is 38.5 Å². The van der Waals surface area contributed by atoms with Crippen LogP contribution in [0.3, 0.4) is 0 Å². The molecule has 0 heterocycles. The number of fused-ring (bicyclic) bond motifs is 1. The van der Waals surface area contributed by atoms with Crippen LogP contribution in [0.5, 0.6) is 0 Å². The van der Waals surface area contributed by atoms with Crippen LogP contribution in [0.25, 0.3) is 0 Å². The zero-order chi connectivity index (χ0) is 15.7. The molecule has 2 aliphatic rings. The predicted molar refractivity (Wildman–Crippen MR) is 88.0 cm³/mol. The normalized spacial score (nSPS) is 41.0. The van der Waals surface area contributed by atoms with E-state index in [2.05, 4.69) is 20.4 Å². The van der Waals surface area contributed by atoms with Crippen molar-refractivity contribution in [3.8, 4) is 0 Å². The van der Waals surface area contributed by atoms with E-state index in [0.29, 0.717) is 11.8 Å². The fourth-order valence-electron chi connectivity index (χ4n) is 5.08. The summed E-state index contributed by atoms with van der Waals surface area (Å²) >= 11 is 0. The molecule has 4 atom stereocenters. The number of hydrogen-bond acceptors (Lipinski definition) is 2. The van der Waals surface area contributed by atoms with Gasteiger partial charge in [0.2, 0.25) is 0 Å². The van der Waals surface area contributed by atoms with Crippen molar-refractivity contribution in [2.75, 3.05) is 6.61 Å². The highest BCUT2D eigenvalue weighted by Crippen LogP contribution is 2.59. The van der Waals surface area contributed by atoms with Crippen molar-refractivity contribution in [2.45, 2.75) is 71.3 Å². The average molecular weight is 292 g/mol. The van der Waals surface area contributed by atoms with Crippen molar-refractivity contribution >= 4 is 0 Å². The third-order valence-electron chi connectivity index (χ3n) is 6.26. The lowest BCUT2D eigenvalue weighted by atomic mass is 9.49. The Morgan fingerprint density at radius 1 is 1.38 bits per heavy atom. The summed E-state index contributed by atoms with van der Waals surface area (Å²) in [6, 6.07) is 0. The van der Waals surface area contributed by atoms with Crippen LogP contribution < -0.4 is 0 Å². The van der Waals surface area contributed by atoms with Gasteiger partial charge in [0.15, 0.2) is 0 Å². The second-order valence-electron chi connectivity index (χ2n) is 7.79. The topological polar surface area (TPSA) is 40.5 Å². The summed E-state index contributed by atoms with van der Waals surface area (Å²) in [5.41, 5.74) is 2.32. The van der Waals surface area contributed by atoms with Crippen LogP contribution in [-0.2, 0) is 0 Å². The molecule has 2 fully saturated rings. The Kier molecular flexibility index (Phi) is 4.99. The van der Waals surface area contributed by atoms with Gasteiger partial charge in [-0.05, 0) is 69.6 Å². The fourth-order valence-corrected chi connectivity index (χ4v) is 5.08. The number of allylic oxidation sites excluding steroid dienone is 2. The van der Waals surface area contributed by atoms with Crippen LogP contribution in [0.2, 0.25) is 0 Å². The van der Waals surface area contributed by atoms with Crippen molar-refractivity contribution in [1.29, 1.82) is 0 Å². The summed E-state index contributed by atoms with van der Waals surface area (Å²) in [5.74, 6) is 0.904. The minimum atomic E-state index is -0.512. The van der Waals surface area contributed by atoms with Crippen LogP contribution in [0, 0.1) is 17.3 Å². The zero-order valence-electron chi connectivity index (χ0n) is 14.0. The lowest BCUT2D eigenvalue weighted by Gasteiger charge is -2.57. The smallest absolute Gasteiger partial charge is 0.0653 e. The van der Waals surface area contributed by atoms with Crippen molar-refractivity contribution in [2.24, 2.45) is 17.3 Å². The SMILES string of the molecule is C=C1CCC2C(C)(O)CCCC2(C)C1CC/C(C)=C/CO. The van der Waals surface area contributed by atoms with E-state index in [1.54, 1.807) is 0 Å². The molecule has 120 valence electrons. The van der Waals surface area contributed by atoms with Gasteiger partial charge in [0.05, 0.1) is 12.2 Å². The summed E-state index contributed by atoms with van der Waals surface area (Å²) in [7, 11) is 0. The van der Waals surface area contributed by atoms with E-state index in [-0.39, 0.29) is 12.0 Å². The molecule has 21 heavy (non-hydrogen) atoms. The van der Waals surface area contributed by atoms with Gasteiger partial charge in [-0.2, -0.15) is 0 Å². The van der Waals surface area contributed by atoms with Crippen molar-refractivity contribution in [3.63, 3.8) is 0 Å². The Balaban J connectivity index is 2.17. The second-order valence-corrected chi connectivity index (χ2v) is 7.79. The van der Waals surface area contributed by atoms with Crippen molar-refractivity contribution in [3.05, 3.63) is 23.8 Å². The van der Waals surface area contributed by atoms with Gasteiger partial charge in [0.25, 0.3) is 0 Å². The molecule has 0 aliphatic heterocycles. The highest BCUT2D eigenvalue weighted by atomic mass is 16.3. The van der Waals surface area contributed by atoms with Gasteiger partial charge in [-0.25, -0.2) is 0 Å². The molecule has 0 aromatic rings. The Labute approximate surface area is 130 Å². The zero-order valence-corrected chi connectivity index (χ0v) is 14.0. The van der Waals surface area contributed by atoms with Gasteiger partial charge in [-0.3, -0.25) is 0 Å². The Hall–Kier alpha value is -0.600. The van der Waals surface area contributed by atoms with Crippen LogP contribution in [0.15, 0.2) is 23.8 Å². The molecule has 2 heteroatoms. The number of aliphatic hydroxyl groups excluding tert-OH is 1. The Bertz CT molecular complexity index is 421. The van der Waals surface area contributed by atoms with Crippen molar-refractivity contribution in [1.82, 2.24) is 0 Å². The molecule has 4 unspecified atom stereocenters. The molecule has 2 saturated carbocycles. The van der Waals surface area contributed by atoms with Gasteiger partial charge in [0, 0.05) is 0 Å². The van der Waals surface area contributed by atoms with E-state index >= 15 is 0 Å². The summed E-state index contributed by atoms with van der Waals surface area (Å²) < 4.78 is 0. The third-order valence-corrected chi connectivity index (χ3v) is 6.26. The second kappa shape index (κ2) is 6.26. The van der Waals surface area contributed by atoms with E-state index in [4.69, 9.17) is 5.11 Å². The highest BCUT2D eigenvalue weighted by molar-refractivity contribution is 5.17. The minimum absolute atomic E-state index is 0.131.